The Balaban J connectivity index is 2.16. The quantitative estimate of drug-likeness (QED) is 0.611. The number of nitrogens with one attached hydrogen (secondary N) is 1. The third-order valence-electron chi connectivity index (χ3n) is 3.65. The number of aromatic nitrogens is 1. The summed E-state index contributed by atoms with van der Waals surface area (Å²) in [5, 5.41) is 23.3. The van der Waals surface area contributed by atoms with Gasteiger partial charge in [0.15, 0.2) is 5.76 Å². The number of aromatic hydroxyl groups is 1. The summed E-state index contributed by atoms with van der Waals surface area (Å²) < 4.78 is 5.53. The van der Waals surface area contributed by atoms with Crippen LogP contribution < -0.4 is 10.7 Å². The molecule has 2 heterocycles. The van der Waals surface area contributed by atoms with E-state index >= 15 is 0 Å². The minimum atomic E-state index is -0.793. The number of benzene rings is 1. The molecule has 0 aliphatic rings. The Labute approximate surface area is 158 Å². The molecule has 1 aromatic carbocycles. The molecule has 1 unspecified atom stereocenters. The highest BCUT2D eigenvalue weighted by Crippen LogP contribution is 2.34. The van der Waals surface area contributed by atoms with Crippen LogP contribution in [0.15, 0.2) is 57.9 Å². The lowest BCUT2D eigenvalue weighted by Crippen LogP contribution is -2.17. The Morgan fingerprint density at radius 3 is 2.62 bits per heavy atom. The van der Waals surface area contributed by atoms with E-state index in [4.69, 9.17) is 27.6 Å². The maximum atomic E-state index is 12.0. The van der Waals surface area contributed by atoms with Crippen molar-refractivity contribution in [2.75, 3.05) is 5.32 Å². The van der Waals surface area contributed by atoms with Crippen LogP contribution in [0.5, 0.6) is 5.75 Å². The van der Waals surface area contributed by atoms with E-state index in [1.807, 2.05) is 0 Å². The third kappa shape index (κ3) is 3.83. The predicted molar refractivity (Wildman–Crippen MR) is 98.7 cm³/mol. The van der Waals surface area contributed by atoms with Gasteiger partial charge in [-0.25, -0.2) is 4.98 Å². The lowest BCUT2D eigenvalue weighted by Gasteiger charge is -2.20. The minimum Gasteiger partial charge on any atom is -0.502 e. The fourth-order valence-corrected chi connectivity index (χ4v) is 2.72. The van der Waals surface area contributed by atoms with E-state index in [2.05, 4.69) is 10.3 Å². The molecule has 3 rings (SSSR count). The molecule has 0 saturated carbocycles. The maximum absolute atomic E-state index is 12.0. The number of hydrogen-bond donors (Lipinski definition) is 3. The first-order chi connectivity index (χ1) is 12.5. The van der Waals surface area contributed by atoms with Gasteiger partial charge in [-0.1, -0.05) is 35.3 Å². The zero-order valence-corrected chi connectivity index (χ0v) is 14.8. The Hall–Kier alpha value is -2.54. The van der Waals surface area contributed by atoms with E-state index in [1.54, 1.807) is 42.6 Å². The molecule has 3 aromatic rings. The Bertz CT molecular complexity index is 977. The second-order valence-electron chi connectivity index (χ2n) is 5.41. The first-order valence-electron chi connectivity index (χ1n) is 7.59. The Kier molecular flexibility index (Phi) is 5.46. The van der Waals surface area contributed by atoms with Crippen LogP contribution in [0.3, 0.4) is 0 Å². The number of aliphatic hydroxyl groups excluding tert-OH is 1. The molecule has 0 saturated heterocycles. The molecule has 0 amide bonds. The highest BCUT2D eigenvalue weighted by atomic mass is 35.5. The number of halogens is 2. The maximum Gasteiger partial charge on any atom is 0.227 e. The molecule has 26 heavy (non-hydrogen) atoms. The average molecular weight is 393 g/mol. The monoisotopic (exact) mass is 392 g/mol. The largest absolute Gasteiger partial charge is 0.502 e. The first-order valence-corrected chi connectivity index (χ1v) is 8.34. The molecule has 0 aliphatic heterocycles. The molecular weight excluding hydrogens is 379 g/mol. The second kappa shape index (κ2) is 7.78. The molecule has 8 heteroatoms. The molecular formula is C18H14Cl2N2O4. The first kappa shape index (κ1) is 18.3. The van der Waals surface area contributed by atoms with Gasteiger partial charge in [0.25, 0.3) is 0 Å². The normalized spacial score (nSPS) is 12.0. The SMILES string of the molecule is O=c1cc(CO)oc(C(Nc2ccccn2)c2ccc(Cl)c(Cl)c2)c1O. The van der Waals surface area contributed by atoms with E-state index in [0.29, 0.717) is 21.4 Å². The molecule has 0 bridgehead atoms. The molecule has 0 radical (unpaired) electrons. The molecule has 3 N–H and O–H groups in total. The standard InChI is InChI=1S/C18H14Cl2N2O4/c19-12-5-4-10(7-13(12)20)16(22-15-3-1-2-6-21-15)18-17(25)14(24)8-11(9-23)26-18/h1-8,16,23,25H,9H2,(H,21,22). The number of rotatable bonds is 5. The van der Waals surface area contributed by atoms with E-state index in [1.165, 1.54) is 0 Å². The van der Waals surface area contributed by atoms with Crippen LogP contribution in [0.2, 0.25) is 10.0 Å². The van der Waals surface area contributed by atoms with Crippen molar-refractivity contribution >= 4 is 29.0 Å². The van der Waals surface area contributed by atoms with E-state index < -0.39 is 23.8 Å². The van der Waals surface area contributed by atoms with Gasteiger partial charge in [-0.3, -0.25) is 4.79 Å². The molecule has 2 aromatic heterocycles. The van der Waals surface area contributed by atoms with E-state index in [0.717, 1.165) is 6.07 Å². The van der Waals surface area contributed by atoms with E-state index in [9.17, 15) is 15.0 Å². The number of hydrogen-bond acceptors (Lipinski definition) is 6. The fraction of sp³-hybridized carbons (Fsp3) is 0.111. The summed E-state index contributed by atoms with van der Waals surface area (Å²) >= 11 is 12.1. The summed E-state index contributed by atoms with van der Waals surface area (Å²) in [7, 11) is 0. The van der Waals surface area contributed by atoms with Crippen LogP contribution >= 0.6 is 23.2 Å². The van der Waals surface area contributed by atoms with Crippen LogP contribution in [0.1, 0.15) is 23.1 Å². The van der Waals surface area contributed by atoms with Crippen LogP contribution in [0, 0.1) is 0 Å². The van der Waals surface area contributed by atoms with Crippen molar-refractivity contribution in [3.63, 3.8) is 0 Å². The topological polar surface area (TPSA) is 95.6 Å². The average Bonchev–Trinajstić information content (AvgIpc) is 2.65. The Morgan fingerprint density at radius 2 is 1.96 bits per heavy atom. The van der Waals surface area contributed by atoms with Gasteiger partial charge < -0.3 is 19.9 Å². The molecule has 0 aliphatic carbocycles. The summed E-state index contributed by atoms with van der Waals surface area (Å²) in [6.07, 6.45) is 1.59. The number of pyridine rings is 1. The molecule has 0 fully saturated rings. The van der Waals surface area contributed by atoms with Gasteiger partial charge in [-0.05, 0) is 29.8 Å². The van der Waals surface area contributed by atoms with Crippen molar-refractivity contribution in [1.82, 2.24) is 4.98 Å². The van der Waals surface area contributed by atoms with Crippen LogP contribution in [0.25, 0.3) is 0 Å². The van der Waals surface area contributed by atoms with Crippen LogP contribution in [-0.4, -0.2) is 15.2 Å². The van der Waals surface area contributed by atoms with Crippen molar-refractivity contribution in [3.05, 3.63) is 86.0 Å². The highest BCUT2D eigenvalue weighted by molar-refractivity contribution is 6.42. The van der Waals surface area contributed by atoms with Gasteiger partial charge >= 0.3 is 0 Å². The van der Waals surface area contributed by atoms with Crippen molar-refractivity contribution in [2.45, 2.75) is 12.6 Å². The Morgan fingerprint density at radius 1 is 1.15 bits per heavy atom. The van der Waals surface area contributed by atoms with Crippen LogP contribution in [-0.2, 0) is 6.61 Å². The van der Waals surface area contributed by atoms with E-state index in [-0.39, 0.29) is 11.5 Å². The lowest BCUT2D eigenvalue weighted by atomic mass is 10.0. The summed E-state index contributed by atoms with van der Waals surface area (Å²) in [4.78, 5) is 16.2. The fourth-order valence-electron chi connectivity index (χ4n) is 2.42. The van der Waals surface area contributed by atoms with Gasteiger partial charge in [0.05, 0.1) is 10.0 Å². The third-order valence-corrected chi connectivity index (χ3v) is 4.39. The number of anilines is 1. The van der Waals surface area contributed by atoms with Crippen molar-refractivity contribution in [1.29, 1.82) is 0 Å². The molecule has 134 valence electrons. The zero-order chi connectivity index (χ0) is 18.7. The molecule has 6 nitrogen and oxygen atoms in total. The summed E-state index contributed by atoms with van der Waals surface area (Å²) in [5.74, 6) is -0.122. The second-order valence-corrected chi connectivity index (χ2v) is 6.23. The van der Waals surface area contributed by atoms with Crippen molar-refractivity contribution in [3.8, 4) is 5.75 Å². The predicted octanol–water partition coefficient (Wildman–Crippen LogP) is 3.74. The van der Waals surface area contributed by atoms with Gasteiger partial charge in [-0.2, -0.15) is 0 Å². The van der Waals surface area contributed by atoms with Crippen LogP contribution in [0.4, 0.5) is 5.82 Å². The van der Waals surface area contributed by atoms with Crippen molar-refractivity contribution < 1.29 is 14.6 Å². The number of aliphatic hydroxyl groups is 1. The van der Waals surface area contributed by atoms with Gasteiger partial charge in [0.2, 0.25) is 11.2 Å². The summed E-state index contributed by atoms with van der Waals surface area (Å²) in [5.41, 5.74) is -0.0817. The van der Waals surface area contributed by atoms with Gasteiger partial charge in [0, 0.05) is 12.3 Å². The highest BCUT2D eigenvalue weighted by Gasteiger charge is 2.24. The minimum absolute atomic E-state index is 0.0238. The zero-order valence-electron chi connectivity index (χ0n) is 13.3. The van der Waals surface area contributed by atoms with Gasteiger partial charge in [-0.15, -0.1) is 0 Å². The summed E-state index contributed by atoms with van der Waals surface area (Å²) in [6, 6.07) is 10.4. The smallest absolute Gasteiger partial charge is 0.227 e. The number of nitrogens with zero attached hydrogens (tertiary/aromatic N) is 1. The van der Waals surface area contributed by atoms with Crippen molar-refractivity contribution in [2.24, 2.45) is 0 Å². The molecule has 1 atom stereocenters. The summed E-state index contributed by atoms with van der Waals surface area (Å²) in [6.45, 7) is -0.486. The molecule has 0 spiro atoms. The lowest BCUT2D eigenvalue weighted by molar-refractivity contribution is 0.234. The van der Waals surface area contributed by atoms with Gasteiger partial charge in [0.1, 0.15) is 24.2 Å².